The van der Waals surface area contributed by atoms with Crippen LogP contribution in [0.15, 0.2) is 0 Å². The van der Waals surface area contributed by atoms with Crippen molar-refractivity contribution in [1.29, 1.82) is 0 Å². The summed E-state index contributed by atoms with van der Waals surface area (Å²) in [5.41, 5.74) is 0. The van der Waals surface area contributed by atoms with Crippen LogP contribution in [0, 0.1) is 110 Å². The first-order valence-electron chi connectivity index (χ1n) is 6.05. The molecule has 0 aromatic rings. The van der Waals surface area contributed by atoms with Crippen LogP contribution in [0.5, 0.6) is 0 Å². The third-order valence-electron chi connectivity index (χ3n) is 2.15. The van der Waals surface area contributed by atoms with Gasteiger partial charge in [-0.1, -0.05) is 13.8 Å². The molecule has 0 unspecified atom stereocenters. The second-order valence-electron chi connectivity index (χ2n) is 3.91. The van der Waals surface area contributed by atoms with Gasteiger partial charge >= 0.3 is 0 Å². The molecule has 0 heterocycles. The molecule has 0 N–H and O–H groups in total. The number of rotatable bonds is 3. The second kappa shape index (κ2) is 17.5. The molecule has 0 atom stereocenters. The Labute approximate surface area is 159 Å². The van der Waals surface area contributed by atoms with Crippen LogP contribution in [-0.4, -0.2) is 27.4 Å². The molecule has 2 aliphatic carbocycles. The molecule has 0 bridgehead atoms. The minimum Gasteiger partial charge on any atom is -0.382 e. The van der Waals surface area contributed by atoms with E-state index in [0.29, 0.717) is 13.2 Å². The van der Waals surface area contributed by atoms with Gasteiger partial charge in [0, 0.05) is 61.1 Å². The summed E-state index contributed by atoms with van der Waals surface area (Å²) in [7, 11) is 3.30. The van der Waals surface area contributed by atoms with E-state index in [9.17, 15) is 0 Å². The summed E-state index contributed by atoms with van der Waals surface area (Å²) in [6, 6.07) is 0. The molecular formula is C16H24O2Yb. The van der Waals surface area contributed by atoms with E-state index in [1.165, 1.54) is 11.8 Å². The summed E-state index contributed by atoms with van der Waals surface area (Å²) >= 11 is 0. The van der Waals surface area contributed by atoms with Crippen molar-refractivity contribution < 1.29 is 56.4 Å². The quantitative estimate of drug-likeness (QED) is 0.653. The molecule has 114 valence electrons. The van der Waals surface area contributed by atoms with E-state index in [-0.39, 0.29) is 46.9 Å². The molecule has 2 aliphatic rings. The van der Waals surface area contributed by atoms with Crippen LogP contribution in [0.4, 0.5) is 0 Å². The van der Waals surface area contributed by atoms with Crippen molar-refractivity contribution in [1.82, 2.24) is 0 Å². The topological polar surface area (TPSA) is 18.5 Å². The van der Waals surface area contributed by atoms with Gasteiger partial charge in [0.1, 0.15) is 0 Å². The first-order valence-corrected chi connectivity index (χ1v) is 6.05. The largest absolute Gasteiger partial charge is 0.382 e. The van der Waals surface area contributed by atoms with E-state index in [1.54, 1.807) is 14.2 Å². The Morgan fingerprint density at radius 1 is 0.684 bits per heavy atom. The summed E-state index contributed by atoms with van der Waals surface area (Å²) in [5, 5.41) is 0. The summed E-state index contributed by atoms with van der Waals surface area (Å²) < 4.78 is 9.31. The van der Waals surface area contributed by atoms with Gasteiger partial charge in [0.15, 0.2) is 0 Å². The molecule has 0 spiro atoms. The molecule has 2 saturated carbocycles. The fourth-order valence-electron chi connectivity index (χ4n) is 1.11. The molecule has 19 heavy (non-hydrogen) atoms. The van der Waals surface area contributed by atoms with E-state index in [2.05, 4.69) is 49.0 Å². The summed E-state index contributed by atoms with van der Waals surface area (Å²) in [4.78, 5) is 0. The van der Waals surface area contributed by atoms with Gasteiger partial charge in [-0.25, -0.2) is 0 Å². The minimum atomic E-state index is 0. The standard InChI is InChI=1S/2C6H7.C4H10O2.Yb/c2*1-6-4-2-3-5-6;1-5-3-4-6-2;/h2*2-5H,1H3;3-4H2,1-2H3;. The summed E-state index contributed by atoms with van der Waals surface area (Å²) in [5.74, 6) is 2.69. The van der Waals surface area contributed by atoms with Crippen LogP contribution in [0.2, 0.25) is 0 Å². The smallest absolute Gasteiger partial charge is 0.0696 e. The Balaban J connectivity index is 0. The molecule has 2 fully saturated rings. The average molecular weight is 421 g/mol. The van der Waals surface area contributed by atoms with Crippen molar-refractivity contribution in [3.05, 3.63) is 63.2 Å². The predicted molar refractivity (Wildman–Crippen MR) is 76.0 cm³/mol. The number of hydrogen-bond donors (Lipinski definition) is 0. The zero-order valence-corrected chi connectivity index (χ0v) is 13.8. The van der Waals surface area contributed by atoms with Crippen LogP contribution >= 0.6 is 0 Å². The molecule has 3 heteroatoms. The van der Waals surface area contributed by atoms with E-state index in [0.717, 1.165) is 0 Å². The molecule has 2 nitrogen and oxygen atoms in total. The Morgan fingerprint density at radius 3 is 1.05 bits per heavy atom. The van der Waals surface area contributed by atoms with Gasteiger partial charge in [-0.05, 0) is 63.2 Å². The van der Waals surface area contributed by atoms with Crippen molar-refractivity contribution in [3.63, 3.8) is 0 Å². The van der Waals surface area contributed by atoms with Gasteiger partial charge in [-0.2, -0.15) is 0 Å². The van der Waals surface area contributed by atoms with Gasteiger partial charge in [0.05, 0.1) is 13.2 Å². The molecule has 0 amide bonds. The molecule has 0 aromatic heterocycles. The number of methoxy groups -OCH3 is 2. The van der Waals surface area contributed by atoms with Gasteiger partial charge in [0.25, 0.3) is 0 Å². The first kappa shape index (κ1) is 22.7. The Bertz CT molecular complexity index is 135. The average Bonchev–Trinajstić information content (AvgIpc) is 3.01. The third kappa shape index (κ3) is 17.4. The molecular weight excluding hydrogens is 397 g/mol. The van der Waals surface area contributed by atoms with E-state index in [1.807, 2.05) is 25.7 Å². The van der Waals surface area contributed by atoms with Crippen molar-refractivity contribution in [2.75, 3.05) is 27.4 Å². The summed E-state index contributed by atoms with van der Waals surface area (Å²) in [6.07, 6.45) is 16.5. The molecule has 0 aromatic carbocycles. The molecule has 0 saturated heterocycles. The predicted octanol–water partition coefficient (Wildman–Crippen LogP) is 3.10. The van der Waals surface area contributed by atoms with E-state index < -0.39 is 0 Å². The van der Waals surface area contributed by atoms with Crippen molar-refractivity contribution >= 4 is 0 Å². The van der Waals surface area contributed by atoms with Crippen LogP contribution in [0.3, 0.4) is 0 Å². The zero-order valence-electron chi connectivity index (χ0n) is 12.1. The molecule has 0 aliphatic heterocycles. The van der Waals surface area contributed by atoms with Gasteiger partial charge in [-0.15, -0.1) is 0 Å². The fourth-order valence-corrected chi connectivity index (χ4v) is 1.11. The maximum Gasteiger partial charge on any atom is 0.0696 e. The number of hydrogen-bond acceptors (Lipinski definition) is 2. The minimum absolute atomic E-state index is 0. The molecule has 10 radical (unpaired) electrons. The molecule has 2 rings (SSSR count). The van der Waals surface area contributed by atoms with Crippen LogP contribution < -0.4 is 0 Å². The van der Waals surface area contributed by atoms with E-state index >= 15 is 0 Å². The SMILES string of the molecule is COCCOC.C[C]1[CH][CH][CH][CH]1.C[C]1[CH][CH][CH][CH]1.[Yb]. The van der Waals surface area contributed by atoms with Gasteiger partial charge in [-0.3, -0.25) is 0 Å². The maximum atomic E-state index is 4.66. The Kier molecular flexibility index (Phi) is 20.9. The Hall–Kier alpha value is 1.44. The normalized spacial score (nSPS) is 18.9. The van der Waals surface area contributed by atoms with E-state index in [4.69, 9.17) is 0 Å². The van der Waals surface area contributed by atoms with Crippen LogP contribution in [-0.2, 0) is 9.47 Å². The monoisotopic (exact) mass is 422 g/mol. The maximum absolute atomic E-state index is 4.66. The first-order chi connectivity index (χ1) is 8.70. The van der Waals surface area contributed by atoms with Crippen LogP contribution in [0.25, 0.3) is 0 Å². The second-order valence-corrected chi connectivity index (χ2v) is 3.91. The van der Waals surface area contributed by atoms with Gasteiger partial charge < -0.3 is 9.47 Å². The fraction of sp³-hybridized carbons (Fsp3) is 0.375. The van der Waals surface area contributed by atoms with Crippen molar-refractivity contribution in [2.24, 2.45) is 0 Å². The van der Waals surface area contributed by atoms with Crippen molar-refractivity contribution in [3.8, 4) is 0 Å². The zero-order chi connectivity index (χ0) is 13.6. The third-order valence-corrected chi connectivity index (χ3v) is 2.15. The van der Waals surface area contributed by atoms with Crippen molar-refractivity contribution in [2.45, 2.75) is 13.8 Å². The van der Waals surface area contributed by atoms with Crippen LogP contribution in [0.1, 0.15) is 13.8 Å². The summed E-state index contributed by atoms with van der Waals surface area (Å²) in [6.45, 7) is 5.55. The van der Waals surface area contributed by atoms with Gasteiger partial charge in [0.2, 0.25) is 0 Å². The number of ether oxygens (including phenoxy) is 2. The Morgan fingerprint density at radius 2 is 0.947 bits per heavy atom.